The van der Waals surface area contributed by atoms with Gasteiger partial charge < -0.3 is 0 Å². The van der Waals surface area contributed by atoms with Crippen molar-refractivity contribution in [2.45, 2.75) is 45.8 Å². The number of hydrogen-bond acceptors (Lipinski definition) is 3. The van der Waals surface area contributed by atoms with Crippen LogP contribution in [0.3, 0.4) is 0 Å². The molecule has 0 N–H and O–H groups in total. The van der Waals surface area contributed by atoms with Crippen molar-refractivity contribution in [1.82, 2.24) is 0 Å². The van der Waals surface area contributed by atoms with Crippen molar-refractivity contribution < 1.29 is 14.6 Å². The van der Waals surface area contributed by atoms with Crippen LogP contribution in [0.4, 0.5) is 0 Å². The Kier molecular flexibility index (Phi) is 6.19. The van der Waals surface area contributed by atoms with Gasteiger partial charge in [0.1, 0.15) is 14.2 Å². The summed E-state index contributed by atoms with van der Waals surface area (Å²) in [7, 11) is -1.85. The molecule has 0 aromatic heterocycles. The highest BCUT2D eigenvalue weighted by Crippen LogP contribution is 2.31. The van der Waals surface area contributed by atoms with Gasteiger partial charge in [0.25, 0.3) is 0 Å². The van der Waals surface area contributed by atoms with Gasteiger partial charge >= 0.3 is 5.97 Å². The van der Waals surface area contributed by atoms with Gasteiger partial charge in [-0.25, -0.2) is 4.79 Å². The largest absolute Gasteiger partial charge is 0.373 e. The summed E-state index contributed by atoms with van der Waals surface area (Å²) in [6, 6.07) is 7.48. The number of hydrogen-bond donors (Lipinski definition) is 0. The zero-order valence-corrected chi connectivity index (χ0v) is 16.0. The topological polar surface area (TPSA) is 35.5 Å². The minimum absolute atomic E-state index is 0.0146. The maximum atomic E-state index is 12.2. The fourth-order valence-electron chi connectivity index (χ4n) is 3.27. The van der Waals surface area contributed by atoms with Gasteiger partial charge in [-0.2, -0.15) is 4.89 Å². The molecule has 0 saturated heterocycles. The molecule has 1 aromatic rings. The second-order valence-electron chi connectivity index (χ2n) is 7.09. The molecule has 0 heterocycles. The van der Waals surface area contributed by atoms with E-state index in [9.17, 15) is 4.79 Å². The molecule has 2 rings (SSSR count). The molecule has 1 aliphatic carbocycles. The average Bonchev–Trinajstić information content (AvgIpc) is 2.60. The van der Waals surface area contributed by atoms with E-state index in [2.05, 4.69) is 33.6 Å². The van der Waals surface area contributed by atoms with E-state index in [1.807, 2.05) is 23.5 Å². The van der Waals surface area contributed by atoms with Gasteiger partial charge in [0.2, 0.25) is 0 Å². The summed E-state index contributed by atoms with van der Waals surface area (Å²) in [5.74, 6) is 0.388. The van der Waals surface area contributed by atoms with E-state index in [1.54, 1.807) is 12.1 Å². The molecule has 0 radical (unpaired) electrons. The molecule has 2 atom stereocenters. The van der Waals surface area contributed by atoms with Crippen molar-refractivity contribution in [3.05, 3.63) is 54.4 Å². The van der Waals surface area contributed by atoms with Gasteiger partial charge in [-0.1, -0.05) is 55.5 Å². The third-order valence-corrected chi connectivity index (χ3v) is 8.54. The quantitative estimate of drug-likeness (QED) is 0.437. The molecule has 1 aliphatic rings. The lowest BCUT2D eigenvalue weighted by molar-refractivity contribution is -0.299. The standard InChI is InChI=1S/C20H28O3Si/c1-6-24(5,7-2)18-13-11-17(12-14-18)20(21)23-22-19-15(3)9-8-10-16(19)4/h6-7,11-16,19H,1-2,8-10H2,3-5H3. The smallest absolute Gasteiger partial charge is 0.293 e. The third kappa shape index (κ3) is 4.05. The van der Waals surface area contributed by atoms with Crippen LogP contribution < -0.4 is 5.19 Å². The molecule has 24 heavy (non-hydrogen) atoms. The summed E-state index contributed by atoms with van der Waals surface area (Å²) < 4.78 is 0. The molecule has 0 aliphatic heterocycles. The van der Waals surface area contributed by atoms with Crippen LogP contribution in [0.2, 0.25) is 6.55 Å². The molecule has 0 amide bonds. The van der Waals surface area contributed by atoms with Crippen molar-refractivity contribution in [3.8, 4) is 0 Å². The molecular weight excluding hydrogens is 316 g/mol. The number of carbonyl (C=O) groups is 1. The van der Waals surface area contributed by atoms with Crippen molar-refractivity contribution >= 4 is 19.2 Å². The predicted molar refractivity (Wildman–Crippen MR) is 101 cm³/mol. The van der Waals surface area contributed by atoms with Crippen LogP contribution in [-0.4, -0.2) is 20.1 Å². The van der Waals surface area contributed by atoms with Gasteiger partial charge in [-0.05, 0) is 36.8 Å². The summed E-state index contributed by atoms with van der Waals surface area (Å²) in [5.41, 5.74) is 4.45. The number of carbonyl (C=O) groups excluding carboxylic acids is 1. The van der Waals surface area contributed by atoms with Gasteiger partial charge in [-0.3, -0.25) is 4.89 Å². The van der Waals surface area contributed by atoms with E-state index in [1.165, 1.54) is 11.6 Å². The van der Waals surface area contributed by atoms with Crippen molar-refractivity contribution in [2.75, 3.05) is 0 Å². The Morgan fingerprint density at radius 2 is 1.67 bits per heavy atom. The van der Waals surface area contributed by atoms with Crippen LogP contribution in [-0.2, 0) is 9.78 Å². The Bertz CT molecular complexity index is 575. The molecule has 0 bridgehead atoms. The Balaban J connectivity index is 2.00. The first-order chi connectivity index (χ1) is 11.4. The highest BCUT2D eigenvalue weighted by Gasteiger charge is 2.31. The van der Waals surface area contributed by atoms with Crippen LogP contribution in [0.5, 0.6) is 0 Å². The van der Waals surface area contributed by atoms with Crippen LogP contribution in [0, 0.1) is 11.8 Å². The van der Waals surface area contributed by atoms with Gasteiger partial charge in [0, 0.05) is 0 Å². The average molecular weight is 345 g/mol. The second-order valence-corrected chi connectivity index (χ2v) is 11.0. The Hall–Kier alpha value is -1.65. The van der Waals surface area contributed by atoms with Gasteiger partial charge in [0.15, 0.2) is 0 Å². The first-order valence-electron chi connectivity index (χ1n) is 8.66. The fourth-order valence-corrected chi connectivity index (χ4v) is 4.80. The van der Waals surface area contributed by atoms with Gasteiger partial charge in [0.05, 0.1) is 5.56 Å². The van der Waals surface area contributed by atoms with E-state index in [4.69, 9.17) is 9.78 Å². The highest BCUT2D eigenvalue weighted by molar-refractivity contribution is 6.98. The van der Waals surface area contributed by atoms with Crippen molar-refractivity contribution in [3.63, 3.8) is 0 Å². The van der Waals surface area contributed by atoms with Crippen molar-refractivity contribution in [1.29, 1.82) is 0 Å². The Labute approximate surface area is 146 Å². The lowest BCUT2D eigenvalue weighted by Gasteiger charge is -2.32. The zero-order chi connectivity index (χ0) is 17.7. The summed E-state index contributed by atoms with van der Waals surface area (Å²) in [4.78, 5) is 22.8. The maximum Gasteiger partial charge on any atom is 0.373 e. The Morgan fingerprint density at radius 3 is 2.17 bits per heavy atom. The number of rotatable bonds is 6. The highest BCUT2D eigenvalue weighted by atomic mass is 28.3. The van der Waals surface area contributed by atoms with Crippen LogP contribution in [0.1, 0.15) is 43.5 Å². The van der Waals surface area contributed by atoms with E-state index < -0.39 is 14.0 Å². The molecular formula is C20H28O3Si. The predicted octanol–water partition coefficient (Wildman–Crippen LogP) is 4.34. The number of benzene rings is 1. The molecule has 130 valence electrons. The first-order valence-corrected chi connectivity index (χ1v) is 11.3. The molecule has 2 unspecified atom stereocenters. The normalized spacial score (nSPS) is 24.2. The van der Waals surface area contributed by atoms with Gasteiger partial charge in [-0.15, -0.1) is 13.2 Å². The minimum Gasteiger partial charge on any atom is -0.293 e. The fraction of sp³-hybridized carbons (Fsp3) is 0.450. The van der Waals surface area contributed by atoms with Crippen molar-refractivity contribution in [2.24, 2.45) is 11.8 Å². The lowest BCUT2D eigenvalue weighted by atomic mass is 9.81. The van der Waals surface area contributed by atoms with E-state index in [0.29, 0.717) is 17.4 Å². The summed E-state index contributed by atoms with van der Waals surface area (Å²) in [6.07, 6.45) is 3.44. The molecule has 3 nitrogen and oxygen atoms in total. The second kappa shape index (κ2) is 7.95. The van der Waals surface area contributed by atoms with Crippen LogP contribution in [0.15, 0.2) is 48.8 Å². The van der Waals surface area contributed by atoms with E-state index in [-0.39, 0.29) is 6.10 Å². The zero-order valence-electron chi connectivity index (χ0n) is 15.0. The SMILES string of the molecule is C=C[Si](C)(C=C)c1ccc(C(=O)OOC2C(C)CCCC2C)cc1. The van der Waals surface area contributed by atoms with E-state index in [0.717, 1.165) is 12.8 Å². The van der Waals surface area contributed by atoms with Crippen LogP contribution in [0.25, 0.3) is 0 Å². The molecule has 1 aromatic carbocycles. The monoisotopic (exact) mass is 344 g/mol. The maximum absolute atomic E-state index is 12.2. The van der Waals surface area contributed by atoms with E-state index >= 15 is 0 Å². The lowest BCUT2D eigenvalue weighted by Crippen LogP contribution is -2.40. The Morgan fingerprint density at radius 1 is 1.12 bits per heavy atom. The summed E-state index contributed by atoms with van der Waals surface area (Å²) in [5, 5.41) is 1.17. The summed E-state index contributed by atoms with van der Waals surface area (Å²) in [6.45, 7) is 14.3. The summed E-state index contributed by atoms with van der Waals surface area (Å²) >= 11 is 0. The molecule has 4 heteroatoms. The molecule has 0 spiro atoms. The third-order valence-electron chi connectivity index (χ3n) is 5.27. The molecule has 1 fully saturated rings. The van der Waals surface area contributed by atoms with Crippen LogP contribution >= 0.6 is 0 Å². The first kappa shape index (κ1) is 18.7. The molecule has 1 saturated carbocycles. The minimum atomic E-state index is -1.85.